The molecule has 1 aromatic heterocycles. The normalized spacial score (nSPS) is 10.4. The van der Waals surface area contributed by atoms with Crippen LogP contribution in [0.3, 0.4) is 0 Å². The molecule has 0 unspecified atom stereocenters. The minimum atomic E-state index is -1.05. The van der Waals surface area contributed by atoms with Crippen molar-refractivity contribution in [3.8, 4) is 0 Å². The summed E-state index contributed by atoms with van der Waals surface area (Å²) in [6.07, 6.45) is 0.208. The molecule has 126 valence electrons. The van der Waals surface area contributed by atoms with Gasteiger partial charge < -0.3 is 16.2 Å². The molecule has 2 rings (SSSR count). The molecule has 0 saturated heterocycles. The summed E-state index contributed by atoms with van der Waals surface area (Å²) < 4.78 is 0. The largest absolute Gasteiger partial charge is 0.481 e. The van der Waals surface area contributed by atoms with Crippen LogP contribution in [0.2, 0.25) is 0 Å². The van der Waals surface area contributed by atoms with Crippen molar-refractivity contribution in [3.63, 3.8) is 0 Å². The van der Waals surface area contributed by atoms with Gasteiger partial charge in [-0.05, 0) is 18.1 Å². The van der Waals surface area contributed by atoms with E-state index in [0.717, 1.165) is 16.0 Å². The first-order valence-corrected chi connectivity index (χ1v) is 8.17. The van der Waals surface area contributed by atoms with Crippen LogP contribution < -0.4 is 11.1 Å². The van der Waals surface area contributed by atoms with E-state index in [1.165, 1.54) is 11.3 Å². The van der Waals surface area contributed by atoms with Crippen LogP contribution in [0.4, 0.5) is 5.00 Å². The summed E-state index contributed by atoms with van der Waals surface area (Å²) in [5.41, 5.74) is 7.55. The average Bonchev–Trinajstić information content (AvgIpc) is 2.82. The van der Waals surface area contributed by atoms with E-state index < -0.39 is 17.8 Å². The Balaban J connectivity index is 2.24. The fourth-order valence-corrected chi connectivity index (χ4v) is 3.57. The van der Waals surface area contributed by atoms with Crippen molar-refractivity contribution in [1.29, 1.82) is 0 Å². The van der Waals surface area contributed by atoms with Gasteiger partial charge in [0.1, 0.15) is 5.00 Å². The minimum absolute atomic E-state index is 0.154. The highest BCUT2D eigenvalue weighted by atomic mass is 32.1. The number of hydrogen-bond acceptors (Lipinski definition) is 4. The molecule has 1 aromatic carbocycles. The van der Waals surface area contributed by atoms with Crippen LogP contribution in [-0.2, 0) is 16.0 Å². The minimum Gasteiger partial charge on any atom is -0.481 e. The molecule has 0 fully saturated rings. The number of nitrogens with two attached hydrogens (primary N) is 1. The lowest BCUT2D eigenvalue weighted by atomic mass is 10.1. The van der Waals surface area contributed by atoms with E-state index >= 15 is 0 Å². The number of carboxylic acid groups (broad SMARTS) is 1. The molecule has 0 spiro atoms. The van der Waals surface area contributed by atoms with E-state index in [0.29, 0.717) is 11.4 Å². The average molecular weight is 346 g/mol. The van der Waals surface area contributed by atoms with Crippen molar-refractivity contribution < 1.29 is 19.5 Å². The lowest BCUT2D eigenvalue weighted by Crippen LogP contribution is -2.17. The SMILES string of the molecule is Cc1c(Cc2ccccc2)sc(NC(=O)CCC(=O)O)c1C(N)=O. The summed E-state index contributed by atoms with van der Waals surface area (Å²) in [6.45, 7) is 1.79. The number of carbonyl (C=O) groups is 3. The second-order valence-electron chi connectivity index (χ2n) is 5.32. The molecule has 2 aromatic rings. The molecule has 0 bridgehead atoms. The number of aliphatic carboxylic acids is 1. The van der Waals surface area contributed by atoms with Gasteiger partial charge >= 0.3 is 5.97 Å². The van der Waals surface area contributed by atoms with Crippen molar-refractivity contribution in [2.45, 2.75) is 26.2 Å². The molecule has 6 nitrogen and oxygen atoms in total. The number of benzene rings is 1. The molecule has 0 aliphatic carbocycles. The molecule has 0 radical (unpaired) electrons. The molecule has 7 heteroatoms. The third-order valence-corrected chi connectivity index (χ3v) is 4.73. The standard InChI is InChI=1S/C17H18N2O4S/c1-10-12(9-11-5-3-2-4-6-11)24-17(15(10)16(18)23)19-13(20)7-8-14(21)22/h2-6H,7-9H2,1H3,(H2,18,23)(H,19,20)(H,21,22). The summed E-state index contributed by atoms with van der Waals surface area (Å²) >= 11 is 1.29. The van der Waals surface area contributed by atoms with Gasteiger partial charge in [-0.25, -0.2) is 0 Å². The second-order valence-corrected chi connectivity index (χ2v) is 6.43. The number of hydrogen-bond donors (Lipinski definition) is 3. The highest BCUT2D eigenvalue weighted by Gasteiger charge is 2.21. The van der Waals surface area contributed by atoms with E-state index in [-0.39, 0.29) is 18.4 Å². The van der Waals surface area contributed by atoms with Crippen LogP contribution in [0.25, 0.3) is 0 Å². The van der Waals surface area contributed by atoms with Gasteiger partial charge in [0.05, 0.1) is 12.0 Å². The number of primary amides is 1. The third kappa shape index (κ3) is 4.42. The maximum atomic E-state index is 11.9. The Labute approximate surface area is 143 Å². The summed E-state index contributed by atoms with van der Waals surface area (Å²) in [6, 6.07) is 9.75. The molecule has 1 heterocycles. The van der Waals surface area contributed by atoms with Crippen LogP contribution in [0, 0.1) is 6.92 Å². The number of thiophene rings is 1. The number of carbonyl (C=O) groups excluding carboxylic acids is 2. The lowest BCUT2D eigenvalue weighted by molar-refractivity contribution is -0.138. The molecule has 0 aliphatic rings. The summed E-state index contributed by atoms with van der Waals surface area (Å²) in [5.74, 6) is -2.11. The Morgan fingerprint density at radius 2 is 1.83 bits per heavy atom. The van der Waals surface area contributed by atoms with Gasteiger partial charge in [-0.2, -0.15) is 0 Å². The Bertz CT molecular complexity index is 768. The predicted octanol–water partition coefficient (Wildman–Crippen LogP) is 2.55. The van der Waals surface area contributed by atoms with Crippen LogP contribution in [0.5, 0.6) is 0 Å². The molecule has 0 saturated carbocycles. The van der Waals surface area contributed by atoms with E-state index in [1.54, 1.807) is 6.92 Å². The monoisotopic (exact) mass is 346 g/mol. The predicted molar refractivity (Wildman–Crippen MR) is 92.3 cm³/mol. The van der Waals surface area contributed by atoms with Gasteiger partial charge in [-0.1, -0.05) is 30.3 Å². The number of rotatable bonds is 7. The Morgan fingerprint density at radius 3 is 2.42 bits per heavy atom. The summed E-state index contributed by atoms with van der Waals surface area (Å²) in [5, 5.41) is 11.6. The number of anilines is 1. The van der Waals surface area contributed by atoms with Crippen molar-refractivity contribution in [2.24, 2.45) is 5.73 Å². The molecular weight excluding hydrogens is 328 g/mol. The van der Waals surface area contributed by atoms with Crippen molar-refractivity contribution in [1.82, 2.24) is 0 Å². The Morgan fingerprint density at radius 1 is 1.17 bits per heavy atom. The molecule has 0 atom stereocenters. The van der Waals surface area contributed by atoms with E-state index in [4.69, 9.17) is 10.8 Å². The van der Waals surface area contributed by atoms with Gasteiger partial charge in [-0.15, -0.1) is 11.3 Å². The molecule has 24 heavy (non-hydrogen) atoms. The zero-order valence-electron chi connectivity index (χ0n) is 13.2. The summed E-state index contributed by atoms with van der Waals surface area (Å²) in [4.78, 5) is 35.1. The first-order valence-electron chi connectivity index (χ1n) is 7.36. The maximum absolute atomic E-state index is 11.9. The first kappa shape index (κ1) is 17.7. The topological polar surface area (TPSA) is 109 Å². The van der Waals surface area contributed by atoms with Crippen LogP contribution in [-0.4, -0.2) is 22.9 Å². The maximum Gasteiger partial charge on any atom is 0.303 e. The second kappa shape index (κ2) is 7.74. The lowest BCUT2D eigenvalue weighted by Gasteiger charge is -2.03. The number of carboxylic acids is 1. The quantitative estimate of drug-likeness (QED) is 0.715. The van der Waals surface area contributed by atoms with E-state index in [1.807, 2.05) is 30.3 Å². The van der Waals surface area contributed by atoms with Gasteiger partial charge in [0.15, 0.2) is 0 Å². The fraction of sp³-hybridized carbons (Fsp3) is 0.235. The fourth-order valence-electron chi connectivity index (χ4n) is 2.30. The Kier molecular flexibility index (Phi) is 5.70. The van der Waals surface area contributed by atoms with Gasteiger partial charge in [0.2, 0.25) is 5.91 Å². The third-order valence-electron chi connectivity index (χ3n) is 3.52. The Hall–Kier alpha value is -2.67. The van der Waals surface area contributed by atoms with Crippen molar-refractivity contribution >= 4 is 34.1 Å². The van der Waals surface area contributed by atoms with E-state index in [2.05, 4.69) is 5.32 Å². The zero-order valence-corrected chi connectivity index (χ0v) is 14.0. The van der Waals surface area contributed by atoms with Crippen LogP contribution in [0.15, 0.2) is 30.3 Å². The molecule has 4 N–H and O–H groups in total. The van der Waals surface area contributed by atoms with Crippen molar-refractivity contribution in [2.75, 3.05) is 5.32 Å². The van der Waals surface area contributed by atoms with Gasteiger partial charge in [0, 0.05) is 17.7 Å². The van der Waals surface area contributed by atoms with Crippen LogP contribution in [0.1, 0.15) is 39.2 Å². The molecule has 0 aliphatic heterocycles. The van der Waals surface area contributed by atoms with E-state index in [9.17, 15) is 14.4 Å². The van der Waals surface area contributed by atoms with Crippen LogP contribution >= 0.6 is 11.3 Å². The zero-order chi connectivity index (χ0) is 17.7. The smallest absolute Gasteiger partial charge is 0.303 e. The van der Waals surface area contributed by atoms with Gasteiger partial charge in [0.25, 0.3) is 5.91 Å². The highest BCUT2D eigenvalue weighted by Crippen LogP contribution is 2.34. The van der Waals surface area contributed by atoms with Gasteiger partial charge in [-0.3, -0.25) is 14.4 Å². The summed E-state index contributed by atoms with van der Waals surface area (Å²) in [7, 11) is 0. The molecule has 2 amide bonds. The number of amides is 2. The van der Waals surface area contributed by atoms with Crippen molar-refractivity contribution in [3.05, 3.63) is 51.9 Å². The number of nitrogens with one attached hydrogen (secondary N) is 1. The first-order chi connectivity index (χ1) is 11.4. The highest BCUT2D eigenvalue weighted by molar-refractivity contribution is 7.17. The molecular formula is C17H18N2O4S.